The maximum Gasteiger partial charge on any atom is 0.0475 e. The van der Waals surface area contributed by atoms with Crippen LogP contribution in [0.25, 0.3) is 0 Å². The van der Waals surface area contributed by atoms with Crippen LogP contribution < -0.4 is 27.4 Å². The first kappa shape index (κ1) is 19.8. The predicted molar refractivity (Wildman–Crippen MR) is 87.8 cm³/mol. The Labute approximate surface area is 125 Å². The second-order valence-electron chi connectivity index (χ2n) is 5.52. The summed E-state index contributed by atoms with van der Waals surface area (Å²) in [4.78, 5) is 2.14. The standard InChI is InChI=1S/C14H36N6/c1-20(2)13-18-12-14(19-11-5-8-16)6-3-9-17-10-4-7-15/h14,17-19H,3-13,15-16H2,1-2H3. The van der Waals surface area contributed by atoms with Gasteiger partial charge in [-0.3, -0.25) is 4.90 Å². The van der Waals surface area contributed by atoms with Crippen molar-refractivity contribution < 1.29 is 0 Å². The molecule has 0 fully saturated rings. The van der Waals surface area contributed by atoms with E-state index in [1.165, 1.54) is 12.8 Å². The molecule has 0 aliphatic carbocycles. The van der Waals surface area contributed by atoms with Crippen molar-refractivity contribution in [2.24, 2.45) is 11.5 Å². The van der Waals surface area contributed by atoms with Crippen LogP contribution in [-0.2, 0) is 0 Å². The van der Waals surface area contributed by atoms with Gasteiger partial charge in [-0.25, -0.2) is 0 Å². The summed E-state index contributed by atoms with van der Waals surface area (Å²) in [6.45, 7) is 6.56. The second-order valence-corrected chi connectivity index (χ2v) is 5.52. The minimum atomic E-state index is 0.526. The lowest BCUT2D eigenvalue weighted by molar-refractivity contribution is 0.342. The van der Waals surface area contributed by atoms with E-state index < -0.39 is 0 Å². The summed E-state index contributed by atoms with van der Waals surface area (Å²) in [5, 5.41) is 10.5. The molecule has 6 nitrogen and oxygen atoms in total. The number of rotatable bonds is 15. The molecule has 1 unspecified atom stereocenters. The van der Waals surface area contributed by atoms with Gasteiger partial charge in [0.05, 0.1) is 0 Å². The fourth-order valence-corrected chi connectivity index (χ4v) is 1.97. The van der Waals surface area contributed by atoms with Crippen LogP contribution in [0, 0.1) is 0 Å². The minimum Gasteiger partial charge on any atom is -0.330 e. The van der Waals surface area contributed by atoms with E-state index in [2.05, 4.69) is 34.9 Å². The molecule has 0 aliphatic rings. The van der Waals surface area contributed by atoms with Gasteiger partial charge in [-0.05, 0) is 72.5 Å². The number of nitrogens with two attached hydrogens (primary N) is 2. The highest BCUT2D eigenvalue weighted by molar-refractivity contribution is 4.70. The molecule has 122 valence electrons. The Morgan fingerprint density at radius 1 is 0.900 bits per heavy atom. The molecule has 0 spiro atoms. The van der Waals surface area contributed by atoms with Crippen LogP contribution >= 0.6 is 0 Å². The molecule has 1 atom stereocenters. The molecule has 0 saturated carbocycles. The zero-order valence-corrected chi connectivity index (χ0v) is 13.5. The highest BCUT2D eigenvalue weighted by Crippen LogP contribution is 1.96. The van der Waals surface area contributed by atoms with Crippen molar-refractivity contribution in [3.63, 3.8) is 0 Å². The summed E-state index contributed by atoms with van der Waals surface area (Å²) < 4.78 is 0. The van der Waals surface area contributed by atoms with Crippen LogP contribution in [0.4, 0.5) is 0 Å². The predicted octanol–water partition coefficient (Wildman–Crippen LogP) is -0.879. The third kappa shape index (κ3) is 14.2. The molecule has 0 heterocycles. The molecular formula is C14H36N6. The van der Waals surface area contributed by atoms with Crippen LogP contribution in [0.15, 0.2) is 0 Å². The highest BCUT2D eigenvalue weighted by atomic mass is 15.2. The number of nitrogens with one attached hydrogen (secondary N) is 3. The van der Waals surface area contributed by atoms with Crippen molar-refractivity contribution in [2.75, 3.05) is 60.0 Å². The Morgan fingerprint density at radius 3 is 2.20 bits per heavy atom. The Bertz CT molecular complexity index is 189. The Hall–Kier alpha value is -0.240. The summed E-state index contributed by atoms with van der Waals surface area (Å²) in [6, 6.07) is 0.526. The fourth-order valence-electron chi connectivity index (χ4n) is 1.97. The summed E-state index contributed by atoms with van der Waals surface area (Å²) in [5.74, 6) is 0. The molecule has 7 N–H and O–H groups in total. The Balaban J connectivity index is 3.68. The summed E-state index contributed by atoms with van der Waals surface area (Å²) >= 11 is 0. The number of nitrogens with zero attached hydrogens (tertiary/aromatic N) is 1. The Kier molecular flexibility index (Phi) is 15.0. The van der Waals surface area contributed by atoms with Gasteiger partial charge in [0.1, 0.15) is 0 Å². The smallest absolute Gasteiger partial charge is 0.0475 e. The molecule has 6 heteroatoms. The maximum atomic E-state index is 5.54. The molecule has 0 amide bonds. The van der Waals surface area contributed by atoms with Gasteiger partial charge in [0.25, 0.3) is 0 Å². The van der Waals surface area contributed by atoms with E-state index in [0.717, 1.165) is 58.8 Å². The van der Waals surface area contributed by atoms with Gasteiger partial charge >= 0.3 is 0 Å². The molecule has 0 aromatic rings. The van der Waals surface area contributed by atoms with Crippen LogP contribution in [-0.4, -0.2) is 71.0 Å². The monoisotopic (exact) mass is 288 g/mol. The largest absolute Gasteiger partial charge is 0.330 e. The normalized spacial score (nSPS) is 13.1. The van der Waals surface area contributed by atoms with E-state index in [0.29, 0.717) is 6.04 Å². The lowest BCUT2D eigenvalue weighted by Crippen LogP contribution is -2.42. The van der Waals surface area contributed by atoms with E-state index in [1.807, 2.05) is 0 Å². The molecule has 0 bridgehead atoms. The van der Waals surface area contributed by atoms with Gasteiger partial charge in [0.2, 0.25) is 0 Å². The zero-order chi connectivity index (χ0) is 15.1. The average molecular weight is 288 g/mol. The second kappa shape index (κ2) is 15.2. The van der Waals surface area contributed by atoms with Crippen molar-refractivity contribution in [2.45, 2.75) is 31.7 Å². The quantitative estimate of drug-likeness (QED) is 0.199. The number of hydrogen-bond donors (Lipinski definition) is 5. The highest BCUT2D eigenvalue weighted by Gasteiger charge is 2.07. The first-order valence-electron chi connectivity index (χ1n) is 7.90. The molecule has 0 rings (SSSR count). The molecule has 0 aromatic heterocycles. The van der Waals surface area contributed by atoms with E-state index in [1.54, 1.807) is 0 Å². The lowest BCUT2D eigenvalue weighted by atomic mass is 10.1. The summed E-state index contributed by atoms with van der Waals surface area (Å²) in [6.07, 6.45) is 4.47. The summed E-state index contributed by atoms with van der Waals surface area (Å²) in [5.41, 5.74) is 11.0. The fraction of sp³-hybridized carbons (Fsp3) is 1.00. The maximum absolute atomic E-state index is 5.54. The molecule has 0 saturated heterocycles. The molecular weight excluding hydrogens is 252 g/mol. The van der Waals surface area contributed by atoms with E-state index in [4.69, 9.17) is 11.5 Å². The van der Waals surface area contributed by atoms with Gasteiger partial charge in [-0.2, -0.15) is 0 Å². The van der Waals surface area contributed by atoms with Crippen molar-refractivity contribution in [3.05, 3.63) is 0 Å². The van der Waals surface area contributed by atoms with Crippen LogP contribution in [0.1, 0.15) is 25.7 Å². The van der Waals surface area contributed by atoms with E-state index in [9.17, 15) is 0 Å². The van der Waals surface area contributed by atoms with E-state index in [-0.39, 0.29) is 0 Å². The van der Waals surface area contributed by atoms with Gasteiger partial charge in [0.15, 0.2) is 0 Å². The first-order valence-corrected chi connectivity index (χ1v) is 7.90. The van der Waals surface area contributed by atoms with Gasteiger partial charge < -0.3 is 27.4 Å². The van der Waals surface area contributed by atoms with Crippen molar-refractivity contribution in [1.82, 2.24) is 20.9 Å². The molecule has 0 radical (unpaired) electrons. The third-order valence-electron chi connectivity index (χ3n) is 3.10. The van der Waals surface area contributed by atoms with Gasteiger partial charge in [-0.15, -0.1) is 0 Å². The number of hydrogen-bond acceptors (Lipinski definition) is 6. The van der Waals surface area contributed by atoms with Gasteiger partial charge in [0, 0.05) is 19.3 Å². The van der Waals surface area contributed by atoms with Crippen molar-refractivity contribution in [1.29, 1.82) is 0 Å². The van der Waals surface area contributed by atoms with Crippen molar-refractivity contribution >= 4 is 0 Å². The zero-order valence-electron chi connectivity index (χ0n) is 13.5. The topological polar surface area (TPSA) is 91.4 Å². The first-order chi connectivity index (χ1) is 9.70. The van der Waals surface area contributed by atoms with Crippen LogP contribution in [0.2, 0.25) is 0 Å². The third-order valence-corrected chi connectivity index (χ3v) is 3.10. The Morgan fingerprint density at radius 2 is 1.55 bits per heavy atom. The summed E-state index contributed by atoms with van der Waals surface area (Å²) in [7, 11) is 4.15. The van der Waals surface area contributed by atoms with E-state index >= 15 is 0 Å². The molecule has 0 aromatic carbocycles. The van der Waals surface area contributed by atoms with Crippen molar-refractivity contribution in [3.8, 4) is 0 Å². The van der Waals surface area contributed by atoms with Crippen LogP contribution in [0.5, 0.6) is 0 Å². The SMILES string of the molecule is CN(C)CNCC(CCCNCCCN)NCCCN. The average Bonchev–Trinajstić information content (AvgIpc) is 2.42. The lowest BCUT2D eigenvalue weighted by Gasteiger charge is -2.21. The van der Waals surface area contributed by atoms with Gasteiger partial charge in [-0.1, -0.05) is 0 Å². The van der Waals surface area contributed by atoms with Crippen LogP contribution in [0.3, 0.4) is 0 Å². The molecule has 20 heavy (non-hydrogen) atoms. The minimum absolute atomic E-state index is 0.526. The molecule has 0 aliphatic heterocycles.